The SMILES string of the molecule is Cc1ncsc1C(C)NCC(F)(F)F. The van der Waals surface area contributed by atoms with Crippen molar-refractivity contribution in [3.63, 3.8) is 0 Å². The van der Waals surface area contributed by atoms with Crippen LogP contribution in [0, 0.1) is 6.92 Å². The van der Waals surface area contributed by atoms with Gasteiger partial charge in [-0.3, -0.25) is 0 Å². The standard InChI is InChI=1S/C8H11F3N2S/c1-5(12-3-8(9,10)11)7-6(2)13-4-14-7/h4-5,12H,3H2,1-2H3. The lowest BCUT2D eigenvalue weighted by Gasteiger charge is -2.14. The van der Waals surface area contributed by atoms with Gasteiger partial charge < -0.3 is 5.32 Å². The molecular weight excluding hydrogens is 213 g/mol. The van der Waals surface area contributed by atoms with Gasteiger partial charge in [0.1, 0.15) is 0 Å². The van der Waals surface area contributed by atoms with Crippen molar-refractivity contribution in [2.24, 2.45) is 0 Å². The molecule has 0 aliphatic rings. The number of hydrogen-bond donors (Lipinski definition) is 1. The van der Waals surface area contributed by atoms with E-state index >= 15 is 0 Å². The summed E-state index contributed by atoms with van der Waals surface area (Å²) in [6.45, 7) is 2.52. The maximum atomic E-state index is 11.9. The van der Waals surface area contributed by atoms with Gasteiger partial charge in [-0.15, -0.1) is 11.3 Å². The molecule has 0 radical (unpaired) electrons. The first-order chi connectivity index (χ1) is 6.40. The molecule has 1 heterocycles. The predicted octanol–water partition coefficient (Wildman–Crippen LogP) is 2.66. The van der Waals surface area contributed by atoms with Crippen molar-refractivity contribution in [2.45, 2.75) is 26.1 Å². The van der Waals surface area contributed by atoms with Crippen molar-refractivity contribution < 1.29 is 13.2 Å². The summed E-state index contributed by atoms with van der Waals surface area (Å²) in [5.41, 5.74) is 2.42. The van der Waals surface area contributed by atoms with Crippen LogP contribution >= 0.6 is 11.3 Å². The Morgan fingerprint density at radius 1 is 1.57 bits per heavy atom. The van der Waals surface area contributed by atoms with Gasteiger partial charge in [-0.25, -0.2) is 4.98 Å². The summed E-state index contributed by atoms with van der Waals surface area (Å²) in [5.74, 6) is 0. The molecule has 1 atom stereocenters. The highest BCUT2D eigenvalue weighted by Crippen LogP contribution is 2.22. The average molecular weight is 224 g/mol. The van der Waals surface area contributed by atoms with Crippen LogP contribution in [0.3, 0.4) is 0 Å². The van der Waals surface area contributed by atoms with Crippen molar-refractivity contribution >= 4 is 11.3 Å². The van der Waals surface area contributed by atoms with E-state index in [4.69, 9.17) is 0 Å². The van der Waals surface area contributed by atoms with E-state index in [9.17, 15) is 13.2 Å². The fraction of sp³-hybridized carbons (Fsp3) is 0.625. The largest absolute Gasteiger partial charge is 0.401 e. The molecule has 80 valence electrons. The highest BCUT2D eigenvalue weighted by Gasteiger charge is 2.27. The minimum atomic E-state index is -4.16. The van der Waals surface area contributed by atoms with E-state index in [2.05, 4.69) is 10.3 Å². The molecule has 0 aromatic carbocycles. The third-order valence-electron chi connectivity index (χ3n) is 1.78. The molecule has 0 aliphatic carbocycles. The number of rotatable bonds is 3. The van der Waals surface area contributed by atoms with Crippen molar-refractivity contribution in [3.8, 4) is 0 Å². The van der Waals surface area contributed by atoms with Crippen LogP contribution < -0.4 is 5.32 Å². The van der Waals surface area contributed by atoms with Crippen LogP contribution in [-0.4, -0.2) is 17.7 Å². The first-order valence-corrected chi connectivity index (χ1v) is 4.98. The summed E-state index contributed by atoms with van der Waals surface area (Å²) in [6.07, 6.45) is -4.16. The fourth-order valence-corrected chi connectivity index (χ4v) is 1.92. The molecular formula is C8H11F3N2S. The number of nitrogens with zero attached hydrogens (tertiary/aromatic N) is 1. The van der Waals surface area contributed by atoms with E-state index in [0.717, 1.165) is 10.6 Å². The Morgan fingerprint density at radius 2 is 2.21 bits per heavy atom. The molecule has 1 unspecified atom stereocenters. The summed E-state index contributed by atoms with van der Waals surface area (Å²) in [7, 11) is 0. The second kappa shape index (κ2) is 4.27. The second-order valence-corrected chi connectivity index (χ2v) is 3.91. The molecule has 0 amide bonds. The molecule has 0 saturated carbocycles. The molecule has 0 aliphatic heterocycles. The number of aryl methyl sites for hydroxylation is 1. The molecule has 2 nitrogen and oxygen atoms in total. The summed E-state index contributed by atoms with van der Waals surface area (Å²) in [5, 5.41) is 2.41. The molecule has 0 bridgehead atoms. The van der Waals surface area contributed by atoms with Crippen molar-refractivity contribution in [2.75, 3.05) is 6.54 Å². The average Bonchev–Trinajstić information content (AvgIpc) is 2.46. The third-order valence-corrected chi connectivity index (χ3v) is 2.90. The molecule has 14 heavy (non-hydrogen) atoms. The van der Waals surface area contributed by atoms with E-state index in [1.54, 1.807) is 19.4 Å². The Morgan fingerprint density at radius 3 is 2.64 bits per heavy atom. The molecule has 1 N–H and O–H groups in total. The van der Waals surface area contributed by atoms with Crippen LogP contribution in [0.25, 0.3) is 0 Å². The van der Waals surface area contributed by atoms with E-state index in [0.29, 0.717) is 0 Å². The van der Waals surface area contributed by atoms with E-state index < -0.39 is 12.7 Å². The minimum Gasteiger partial charge on any atom is -0.301 e. The Labute approximate surface area is 84.2 Å². The van der Waals surface area contributed by atoms with Gasteiger partial charge in [-0.05, 0) is 13.8 Å². The van der Waals surface area contributed by atoms with E-state index in [-0.39, 0.29) is 6.04 Å². The van der Waals surface area contributed by atoms with E-state index in [1.165, 1.54) is 11.3 Å². The lowest BCUT2D eigenvalue weighted by atomic mass is 10.2. The fourth-order valence-electron chi connectivity index (χ4n) is 1.09. The number of aromatic nitrogens is 1. The van der Waals surface area contributed by atoms with Gasteiger partial charge in [0.15, 0.2) is 0 Å². The number of halogens is 3. The monoisotopic (exact) mass is 224 g/mol. The van der Waals surface area contributed by atoms with Gasteiger partial charge in [0.25, 0.3) is 0 Å². The lowest BCUT2D eigenvalue weighted by Crippen LogP contribution is -2.30. The molecule has 0 fully saturated rings. The van der Waals surface area contributed by atoms with E-state index in [1.807, 2.05) is 0 Å². The van der Waals surface area contributed by atoms with Crippen LogP contribution in [0.2, 0.25) is 0 Å². The maximum absolute atomic E-state index is 11.9. The normalized spacial score (nSPS) is 14.4. The number of hydrogen-bond acceptors (Lipinski definition) is 3. The third kappa shape index (κ3) is 3.26. The van der Waals surface area contributed by atoms with Gasteiger partial charge in [0, 0.05) is 10.9 Å². The topological polar surface area (TPSA) is 24.9 Å². The van der Waals surface area contributed by atoms with Crippen molar-refractivity contribution in [3.05, 3.63) is 16.1 Å². The Balaban J connectivity index is 2.51. The van der Waals surface area contributed by atoms with Gasteiger partial charge in [0.05, 0.1) is 17.7 Å². The maximum Gasteiger partial charge on any atom is 0.401 e. The zero-order chi connectivity index (χ0) is 10.8. The van der Waals surface area contributed by atoms with Crippen LogP contribution in [0.5, 0.6) is 0 Å². The summed E-state index contributed by atoms with van der Waals surface area (Å²) in [4.78, 5) is 4.84. The molecule has 1 aromatic heterocycles. The zero-order valence-corrected chi connectivity index (χ0v) is 8.67. The van der Waals surface area contributed by atoms with Gasteiger partial charge in [0.2, 0.25) is 0 Å². The molecule has 1 rings (SSSR count). The summed E-state index contributed by atoms with van der Waals surface area (Å²) in [6, 6.07) is -0.302. The van der Waals surface area contributed by atoms with Gasteiger partial charge in [-0.1, -0.05) is 0 Å². The van der Waals surface area contributed by atoms with Crippen LogP contribution in [-0.2, 0) is 0 Å². The van der Waals surface area contributed by atoms with Crippen LogP contribution in [0.15, 0.2) is 5.51 Å². The zero-order valence-electron chi connectivity index (χ0n) is 7.85. The first-order valence-electron chi connectivity index (χ1n) is 4.10. The Bertz CT molecular complexity index is 295. The number of thiazole rings is 1. The van der Waals surface area contributed by atoms with Crippen molar-refractivity contribution in [1.82, 2.24) is 10.3 Å². The molecule has 0 saturated heterocycles. The van der Waals surface area contributed by atoms with Crippen LogP contribution in [0.4, 0.5) is 13.2 Å². The van der Waals surface area contributed by atoms with Crippen molar-refractivity contribution in [1.29, 1.82) is 0 Å². The Kier molecular flexibility index (Phi) is 3.49. The first kappa shape index (κ1) is 11.5. The smallest absolute Gasteiger partial charge is 0.301 e. The quantitative estimate of drug-likeness (QED) is 0.853. The number of alkyl halides is 3. The Hall–Kier alpha value is -0.620. The second-order valence-electron chi connectivity index (χ2n) is 3.02. The van der Waals surface area contributed by atoms with Gasteiger partial charge >= 0.3 is 6.18 Å². The molecule has 6 heteroatoms. The predicted molar refractivity (Wildman–Crippen MR) is 49.3 cm³/mol. The minimum absolute atomic E-state index is 0.302. The number of nitrogens with one attached hydrogen (secondary N) is 1. The highest BCUT2D eigenvalue weighted by atomic mass is 32.1. The summed E-state index contributed by atoms with van der Waals surface area (Å²) < 4.78 is 35.7. The lowest BCUT2D eigenvalue weighted by molar-refractivity contribution is -0.126. The molecule has 0 spiro atoms. The van der Waals surface area contributed by atoms with Gasteiger partial charge in [-0.2, -0.15) is 13.2 Å². The van der Waals surface area contributed by atoms with Crippen LogP contribution in [0.1, 0.15) is 23.5 Å². The highest BCUT2D eigenvalue weighted by molar-refractivity contribution is 7.09. The summed E-state index contributed by atoms with van der Waals surface area (Å²) >= 11 is 1.37. The molecule has 1 aromatic rings.